The number of aliphatic hydroxyl groups excluding tert-OH is 3. The van der Waals surface area contributed by atoms with Crippen molar-refractivity contribution in [2.45, 2.75) is 38.7 Å². The van der Waals surface area contributed by atoms with Gasteiger partial charge in [-0.1, -0.05) is 30.3 Å². The number of aromatic amines is 1. The Morgan fingerprint density at radius 3 is 2.13 bits per heavy atom. The molecule has 1 heterocycles. The van der Waals surface area contributed by atoms with Gasteiger partial charge < -0.3 is 35.3 Å². The number of aromatic hydroxyl groups is 2. The molecule has 0 spiro atoms. The van der Waals surface area contributed by atoms with Gasteiger partial charge in [0.15, 0.2) is 0 Å². The maximum Gasteiger partial charge on any atom is 0.294 e. The number of hydrogen-bond donors (Lipinski definition) is 6. The van der Waals surface area contributed by atoms with Crippen LogP contribution in [-0.4, -0.2) is 61.4 Å². The Morgan fingerprint density at radius 1 is 0.897 bits per heavy atom. The highest BCUT2D eigenvalue weighted by molar-refractivity contribution is 5.85. The van der Waals surface area contributed by atoms with Gasteiger partial charge in [0.25, 0.3) is 6.01 Å². The van der Waals surface area contributed by atoms with Crippen LogP contribution in [0.25, 0.3) is 33.3 Å². The summed E-state index contributed by atoms with van der Waals surface area (Å²) in [6, 6.07) is 16.8. The van der Waals surface area contributed by atoms with E-state index in [-0.39, 0.29) is 48.1 Å². The standard InChI is InChI=1S/C31H34N2O6/c1-18-13-23-24(14-22(18)19-5-7-20(8-6-19)28-25(36)3-2-4-26(28)37)33-29(32-23)39-17-21(15-34)30(9-10-30)31(11-12-31)27(38)16-35/h2-8,13-14,21,27,34-38H,9-12,15-17H2,1H3,(H,32,33)/t21-,27+/m0/s1. The summed E-state index contributed by atoms with van der Waals surface area (Å²) in [5.41, 5.74) is 5.24. The highest BCUT2D eigenvalue weighted by atomic mass is 16.5. The molecule has 2 atom stereocenters. The Bertz CT molecular complexity index is 1480. The minimum absolute atomic E-state index is 0.0253. The number of nitrogens with zero attached hydrogens (tertiary/aromatic N) is 1. The second-order valence-electron chi connectivity index (χ2n) is 11.2. The van der Waals surface area contributed by atoms with Crippen molar-refractivity contribution < 1.29 is 30.3 Å². The molecule has 3 aromatic carbocycles. The summed E-state index contributed by atoms with van der Waals surface area (Å²) < 4.78 is 6.06. The third kappa shape index (κ3) is 4.23. The molecule has 204 valence electrons. The van der Waals surface area contributed by atoms with Crippen LogP contribution in [0.1, 0.15) is 31.2 Å². The number of phenolic OH excluding ortho intramolecular Hbond substituents is 2. The van der Waals surface area contributed by atoms with Gasteiger partial charge in [0.1, 0.15) is 11.5 Å². The Morgan fingerprint density at radius 2 is 1.54 bits per heavy atom. The summed E-state index contributed by atoms with van der Waals surface area (Å²) in [5.74, 6) is -0.0941. The van der Waals surface area contributed by atoms with E-state index >= 15 is 0 Å². The average molecular weight is 531 g/mol. The van der Waals surface area contributed by atoms with Crippen LogP contribution in [0.5, 0.6) is 17.5 Å². The van der Waals surface area contributed by atoms with Gasteiger partial charge in [-0.15, -0.1) is 0 Å². The van der Waals surface area contributed by atoms with Gasteiger partial charge in [-0.3, -0.25) is 0 Å². The molecule has 39 heavy (non-hydrogen) atoms. The zero-order valence-corrected chi connectivity index (χ0v) is 21.9. The highest BCUT2D eigenvalue weighted by Crippen LogP contribution is 2.74. The molecule has 8 heteroatoms. The number of phenols is 2. The fraction of sp³-hybridized carbons (Fsp3) is 0.387. The van der Waals surface area contributed by atoms with E-state index in [1.165, 1.54) is 0 Å². The third-order valence-electron chi connectivity index (χ3n) is 9.11. The van der Waals surface area contributed by atoms with Crippen molar-refractivity contribution >= 4 is 11.0 Å². The number of imidazole rings is 1. The maximum absolute atomic E-state index is 10.5. The lowest BCUT2D eigenvalue weighted by atomic mass is 9.73. The first-order valence-corrected chi connectivity index (χ1v) is 13.5. The van der Waals surface area contributed by atoms with Gasteiger partial charge in [0, 0.05) is 17.9 Å². The van der Waals surface area contributed by atoms with Crippen molar-refractivity contribution in [2.75, 3.05) is 19.8 Å². The van der Waals surface area contributed by atoms with Crippen molar-refractivity contribution in [1.29, 1.82) is 0 Å². The number of nitrogens with one attached hydrogen (secondary N) is 1. The normalized spacial score (nSPS) is 18.6. The molecular formula is C31H34N2O6. The number of rotatable bonds is 10. The summed E-state index contributed by atoms with van der Waals surface area (Å²) in [4.78, 5) is 7.89. The minimum Gasteiger partial charge on any atom is -0.507 e. The molecule has 0 radical (unpaired) electrons. The second-order valence-corrected chi connectivity index (χ2v) is 11.2. The Kier molecular flexibility index (Phi) is 6.29. The molecule has 4 aromatic rings. The molecule has 2 aliphatic carbocycles. The first-order valence-electron chi connectivity index (χ1n) is 13.5. The predicted octanol–water partition coefficient (Wildman–Crippen LogP) is 4.52. The van der Waals surface area contributed by atoms with E-state index in [2.05, 4.69) is 9.97 Å². The molecule has 2 saturated carbocycles. The maximum atomic E-state index is 10.5. The monoisotopic (exact) mass is 530 g/mol. The molecule has 2 aliphatic rings. The van der Waals surface area contributed by atoms with E-state index in [9.17, 15) is 25.5 Å². The molecule has 2 fully saturated rings. The summed E-state index contributed by atoms with van der Waals surface area (Å²) >= 11 is 0. The van der Waals surface area contributed by atoms with E-state index in [0.717, 1.165) is 59.0 Å². The molecule has 6 N–H and O–H groups in total. The average Bonchev–Trinajstić information content (AvgIpc) is 3.85. The molecule has 8 nitrogen and oxygen atoms in total. The van der Waals surface area contributed by atoms with E-state index < -0.39 is 6.10 Å². The Labute approximate surface area is 226 Å². The first-order chi connectivity index (χ1) is 18.8. The summed E-state index contributed by atoms with van der Waals surface area (Å²) in [5, 5.41) is 50.7. The van der Waals surface area contributed by atoms with Gasteiger partial charge in [0.2, 0.25) is 0 Å². The smallest absolute Gasteiger partial charge is 0.294 e. The number of H-pyrrole nitrogens is 1. The summed E-state index contributed by atoms with van der Waals surface area (Å²) in [6.07, 6.45) is 2.81. The molecular weight excluding hydrogens is 496 g/mol. The van der Waals surface area contributed by atoms with Crippen LogP contribution in [0.2, 0.25) is 0 Å². The molecule has 6 rings (SSSR count). The molecule has 0 unspecified atom stereocenters. The lowest BCUT2D eigenvalue weighted by Crippen LogP contribution is -2.41. The molecule has 0 aliphatic heterocycles. The second kappa shape index (κ2) is 9.55. The van der Waals surface area contributed by atoms with Crippen LogP contribution in [-0.2, 0) is 0 Å². The van der Waals surface area contributed by atoms with Gasteiger partial charge in [-0.05, 0) is 84.5 Å². The van der Waals surface area contributed by atoms with Crippen LogP contribution in [0.4, 0.5) is 0 Å². The number of aryl methyl sites for hydroxylation is 1. The SMILES string of the molecule is Cc1cc2[nH]c(OC[C@H](CO)C3(C4([C@H](O)CO)CC4)CC3)nc2cc1-c1ccc(-c2c(O)cccc2O)cc1. The van der Waals surface area contributed by atoms with Crippen molar-refractivity contribution in [3.8, 4) is 39.8 Å². The van der Waals surface area contributed by atoms with Crippen molar-refractivity contribution in [3.63, 3.8) is 0 Å². The largest absolute Gasteiger partial charge is 0.507 e. The highest BCUT2D eigenvalue weighted by Gasteiger charge is 2.70. The van der Waals surface area contributed by atoms with Crippen molar-refractivity contribution in [1.82, 2.24) is 9.97 Å². The van der Waals surface area contributed by atoms with E-state index in [1.807, 2.05) is 43.3 Å². The fourth-order valence-electron chi connectivity index (χ4n) is 6.65. The predicted molar refractivity (Wildman–Crippen MR) is 148 cm³/mol. The molecule has 0 bridgehead atoms. The Hall–Kier alpha value is -3.59. The zero-order chi connectivity index (χ0) is 27.4. The number of benzene rings is 3. The van der Waals surface area contributed by atoms with E-state index in [0.29, 0.717) is 11.6 Å². The van der Waals surface area contributed by atoms with Crippen LogP contribution < -0.4 is 4.74 Å². The van der Waals surface area contributed by atoms with Crippen LogP contribution in [0.3, 0.4) is 0 Å². The van der Waals surface area contributed by atoms with E-state index in [4.69, 9.17) is 4.74 Å². The summed E-state index contributed by atoms with van der Waals surface area (Å²) in [7, 11) is 0. The third-order valence-corrected chi connectivity index (χ3v) is 9.11. The van der Waals surface area contributed by atoms with Crippen molar-refractivity contribution in [2.24, 2.45) is 16.7 Å². The lowest BCUT2D eigenvalue weighted by molar-refractivity contribution is -0.0359. The number of aromatic nitrogens is 2. The number of hydrogen-bond acceptors (Lipinski definition) is 7. The first kappa shape index (κ1) is 25.7. The molecule has 0 amide bonds. The number of aliphatic hydroxyl groups is 3. The zero-order valence-electron chi connectivity index (χ0n) is 21.9. The Balaban J connectivity index is 1.21. The molecule has 1 aromatic heterocycles. The van der Waals surface area contributed by atoms with Gasteiger partial charge in [-0.25, -0.2) is 0 Å². The topological polar surface area (TPSA) is 139 Å². The lowest BCUT2D eigenvalue weighted by Gasteiger charge is -2.36. The van der Waals surface area contributed by atoms with Crippen LogP contribution in [0.15, 0.2) is 54.6 Å². The summed E-state index contributed by atoms with van der Waals surface area (Å²) in [6.45, 7) is 2.01. The van der Waals surface area contributed by atoms with Gasteiger partial charge in [0.05, 0.1) is 35.9 Å². The quantitative estimate of drug-likeness (QED) is 0.177. The fourth-order valence-corrected chi connectivity index (χ4v) is 6.65. The van der Waals surface area contributed by atoms with Crippen LogP contribution in [0, 0.1) is 23.7 Å². The van der Waals surface area contributed by atoms with E-state index in [1.54, 1.807) is 18.2 Å². The van der Waals surface area contributed by atoms with Crippen LogP contribution >= 0.6 is 0 Å². The van der Waals surface area contributed by atoms with Crippen molar-refractivity contribution in [3.05, 3.63) is 60.2 Å². The number of ether oxygens (including phenoxy) is 1. The molecule has 0 saturated heterocycles. The van der Waals surface area contributed by atoms with Gasteiger partial charge in [-0.2, -0.15) is 4.98 Å². The van der Waals surface area contributed by atoms with Gasteiger partial charge >= 0.3 is 0 Å². The number of fused-ring (bicyclic) bond motifs is 1. The minimum atomic E-state index is -0.764.